The number of aliphatic carboxylic acids is 1. The molecule has 0 spiro atoms. The van der Waals surface area contributed by atoms with Gasteiger partial charge in [0.15, 0.2) is 0 Å². The van der Waals surface area contributed by atoms with Crippen LogP contribution in [0.5, 0.6) is 5.75 Å². The van der Waals surface area contributed by atoms with E-state index in [1.807, 2.05) is 38.1 Å². The monoisotopic (exact) mass is 355 g/mol. The highest BCUT2D eigenvalue weighted by atomic mass is 16.5. The highest BCUT2D eigenvalue weighted by molar-refractivity contribution is 5.96. The van der Waals surface area contributed by atoms with Crippen LogP contribution >= 0.6 is 0 Å². The van der Waals surface area contributed by atoms with Crippen molar-refractivity contribution in [2.75, 3.05) is 6.54 Å². The lowest BCUT2D eigenvalue weighted by molar-refractivity contribution is -0.137. The zero-order valence-electron chi connectivity index (χ0n) is 15.5. The second-order valence-corrected chi connectivity index (χ2v) is 6.33. The van der Waals surface area contributed by atoms with Crippen molar-refractivity contribution >= 4 is 11.9 Å². The Balaban J connectivity index is 2.02. The van der Waals surface area contributed by atoms with Gasteiger partial charge in [-0.1, -0.05) is 24.3 Å². The minimum Gasteiger partial charge on any atom is -0.489 e. The fraction of sp³-hybridized carbons (Fsp3) is 0.333. The molecule has 5 nitrogen and oxygen atoms in total. The number of aryl methyl sites for hydroxylation is 1. The molecule has 2 aromatic carbocycles. The fourth-order valence-electron chi connectivity index (χ4n) is 2.66. The molecular weight excluding hydrogens is 330 g/mol. The van der Waals surface area contributed by atoms with Crippen LogP contribution in [0.4, 0.5) is 0 Å². The number of benzene rings is 2. The summed E-state index contributed by atoms with van der Waals surface area (Å²) in [7, 11) is 0. The van der Waals surface area contributed by atoms with Crippen molar-refractivity contribution in [1.29, 1.82) is 0 Å². The van der Waals surface area contributed by atoms with Crippen molar-refractivity contribution in [3.05, 3.63) is 64.2 Å². The maximum Gasteiger partial charge on any atom is 0.303 e. The Morgan fingerprint density at radius 2 is 1.77 bits per heavy atom. The van der Waals surface area contributed by atoms with E-state index < -0.39 is 5.97 Å². The third-order valence-electron chi connectivity index (χ3n) is 4.48. The second-order valence-electron chi connectivity index (χ2n) is 6.33. The van der Waals surface area contributed by atoms with Gasteiger partial charge >= 0.3 is 5.97 Å². The molecule has 2 aromatic rings. The highest BCUT2D eigenvalue weighted by Crippen LogP contribution is 2.25. The lowest BCUT2D eigenvalue weighted by atomic mass is 10.0. The Bertz CT molecular complexity index is 799. The average molecular weight is 355 g/mol. The number of ether oxygens (including phenoxy) is 1. The summed E-state index contributed by atoms with van der Waals surface area (Å²) in [6.45, 7) is 6.70. The summed E-state index contributed by atoms with van der Waals surface area (Å²) < 4.78 is 5.95. The Hall–Kier alpha value is -2.82. The van der Waals surface area contributed by atoms with Crippen LogP contribution in [0.25, 0.3) is 0 Å². The van der Waals surface area contributed by atoms with E-state index in [-0.39, 0.29) is 12.3 Å². The molecule has 0 aliphatic heterocycles. The number of hydrogen-bond acceptors (Lipinski definition) is 3. The second kappa shape index (κ2) is 9.04. The summed E-state index contributed by atoms with van der Waals surface area (Å²) in [6, 6.07) is 11.6. The molecule has 5 heteroatoms. The fourth-order valence-corrected chi connectivity index (χ4v) is 2.66. The molecule has 0 aliphatic carbocycles. The van der Waals surface area contributed by atoms with Gasteiger partial charge in [-0.3, -0.25) is 9.59 Å². The van der Waals surface area contributed by atoms with Gasteiger partial charge in [0.1, 0.15) is 12.4 Å². The number of carboxylic acid groups (broad SMARTS) is 1. The number of rotatable bonds is 8. The average Bonchev–Trinajstić information content (AvgIpc) is 2.61. The largest absolute Gasteiger partial charge is 0.489 e. The molecule has 0 atom stereocenters. The molecule has 0 saturated carbocycles. The number of carboxylic acids is 1. The van der Waals surface area contributed by atoms with Gasteiger partial charge in [0.25, 0.3) is 5.91 Å². The number of nitrogens with one attached hydrogen (secondary N) is 1. The molecule has 2 N–H and O–H groups in total. The first-order chi connectivity index (χ1) is 12.4. The third-order valence-corrected chi connectivity index (χ3v) is 4.48. The van der Waals surface area contributed by atoms with Crippen LogP contribution in [0, 0.1) is 20.8 Å². The Labute approximate surface area is 154 Å². The van der Waals surface area contributed by atoms with Crippen LogP contribution in [0.15, 0.2) is 36.4 Å². The normalized spacial score (nSPS) is 10.4. The van der Waals surface area contributed by atoms with Gasteiger partial charge in [-0.05, 0) is 61.6 Å². The molecule has 26 heavy (non-hydrogen) atoms. The minimum absolute atomic E-state index is 0.0456. The first-order valence-electron chi connectivity index (χ1n) is 8.67. The quantitative estimate of drug-likeness (QED) is 0.707. The summed E-state index contributed by atoms with van der Waals surface area (Å²) in [5.74, 6) is -0.295. The van der Waals surface area contributed by atoms with Gasteiger partial charge in [-0.2, -0.15) is 0 Å². The van der Waals surface area contributed by atoms with Crippen molar-refractivity contribution in [2.45, 2.75) is 40.2 Å². The van der Waals surface area contributed by atoms with E-state index in [0.29, 0.717) is 25.1 Å². The van der Waals surface area contributed by atoms with Gasteiger partial charge in [-0.25, -0.2) is 0 Å². The molecule has 0 aliphatic rings. The Kier molecular flexibility index (Phi) is 6.78. The summed E-state index contributed by atoms with van der Waals surface area (Å²) in [5, 5.41) is 11.4. The van der Waals surface area contributed by atoms with Crippen molar-refractivity contribution in [3.8, 4) is 5.75 Å². The zero-order chi connectivity index (χ0) is 19.1. The van der Waals surface area contributed by atoms with Gasteiger partial charge < -0.3 is 15.2 Å². The topological polar surface area (TPSA) is 75.6 Å². The zero-order valence-corrected chi connectivity index (χ0v) is 15.5. The molecule has 2 rings (SSSR count). The van der Waals surface area contributed by atoms with Gasteiger partial charge in [0, 0.05) is 18.5 Å². The molecule has 0 saturated heterocycles. The Morgan fingerprint density at radius 3 is 2.46 bits per heavy atom. The number of carbonyl (C=O) groups is 2. The van der Waals surface area contributed by atoms with E-state index in [1.54, 1.807) is 6.07 Å². The van der Waals surface area contributed by atoms with Crippen molar-refractivity contribution < 1.29 is 19.4 Å². The van der Waals surface area contributed by atoms with E-state index in [1.165, 1.54) is 5.56 Å². The predicted octanol–water partition coefficient (Wildman–Crippen LogP) is 3.79. The summed E-state index contributed by atoms with van der Waals surface area (Å²) in [5.41, 5.74) is 4.69. The summed E-state index contributed by atoms with van der Waals surface area (Å²) in [4.78, 5) is 22.8. The van der Waals surface area contributed by atoms with Gasteiger partial charge in [0.2, 0.25) is 0 Å². The van der Waals surface area contributed by atoms with E-state index in [9.17, 15) is 9.59 Å². The van der Waals surface area contributed by atoms with E-state index in [0.717, 1.165) is 22.4 Å². The Morgan fingerprint density at radius 1 is 1.04 bits per heavy atom. The molecule has 138 valence electrons. The van der Waals surface area contributed by atoms with Crippen LogP contribution in [0.3, 0.4) is 0 Å². The number of carbonyl (C=O) groups excluding carboxylic acids is 1. The highest BCUT2D eigenvalue weighted by Gasteiger charge is 2.13. The smallest absolute Gasteiger partial charge is 0.303 e. The number of hydrogen-bond donors (Lipinski definition) is 2. The molecule has 0 radical (unpaired) electrons. The van der Waals surface area contributed by atoms with Crippen LogP contribution < -0.4 is 10.1 Å². The summed E-state index contributed by atoms with van der Waals surface area (Å²) in [6.07, 6.45) is 0.459. The molecular formula is C21H25NO4. The van der Waals surface area contributed by atoms with E-state index in [2.05, 4.69) is 18.3 Å². The van der Waals surface area contributed by atoms with Crippen LogP contribution in [0.2, 0.25) is 0 Å². The molecule has 0 aromatic heterocycles. The first-order valence-corrected chi connectivity index (χ1v) is 8.67. The van der Waals surface area contributed by atoms with Crippen molar-refractivity contribution in [3.63, 3.8) is 0 Å². The molecule has 1 amide bonds. The maximum absolute atomic E-state index is 12.3. The SMILES string of the molecule is Cc1ccccc1COc1ccc(C(=O)NCCCC(=O)O)c(C)c1C. The van der Waals surface area contributed by atoms with Gasteiger partial charge in [-0.15, -0.1) is 0 Å². The third kappa shape index (κ3) is 5.09. The maximum atomic E-state index is 12.3. The van der Waals surface area contributed by atoms with Crippen LogP contribution in [0.1, 0.15) is 45.5 Å². The van der Waals surface area contributed by atoms with Crippen molar-refractivity contribution in [2.24, 2.45) is 0 Å². The van der Waals surface area contributed by atoms with E-state index in [4.69, 9.17) is 9.84 Å². The first kappa shape index (κ1) is 19.5. The lowest BCUT2D eigenvalue weighted by Crippen LogP contribution is -2.25. The number of amides is 1. The van der Waals surface area contributed by atoms with Crippen LogP contribution in [-0.2, 0) is 11.4 Å². The van der Waals surface area contributed by atoms with Crippen LogP contribution in [-0.4, -0.2) is 23.5 Å². The summed E-state index contributed by atoms with van der Waals surface area (Å²) >= 11 is 0. The lowest BCUT2D eigenvalue weighted by Gasteiger charge is -2.15. The molecule has 0 unspecified atom stereocenters. The molecule has 0 heterocycles. The van der Waals surface area contributed by atoms with Crippen molar-refractivity contribution in [1.82, 2.24) is 5.32 Å². The van der Waals surface area contributed by atoms with E-state index >= 15 is 0 Å². The van der Waals surface area contributed by atoms with Gasteiger partial charge in [0.05, 0.1) is 0 Å². The molecule has 0 bridgehead atoms. The standard InChI is InChI=1S/C21H25NO4/c1-14-7-4-5-8-17(14)13-26-19-11-10-18(15(2)16(19)3)21(25)22-12-6-9-20(23)24/h4-5,7-8,10-11H,6,9,12-13H2,1-3H3,(H,22,25)(H,23,24). The minimum atomic E-state index is -0.860. The predicted molar refractivity (Wildman–Crippen MR) is 101 cm³/mol. The molecule has 0 fully saturated rings.